The fourth-order valence-electron chi connectivity index (χ4n) is 2.18. The summed E-state index contributed by atoms with van der Waals surface area (Å²) in [7, 11) is 0. The van der Waals surface area contributed by atoms with Crippen LogP contribution in [-0.2, 0) is 0 Å². The minimum Gasteiger partial charge on any atom is -0.494 e. The number of benzene rings is 1. The van der Waals surface area contributed by atoms with Crippen LogP contribution in [0.5, 0.6) is 5.88 Å². The molecule has 100 valence electrons. The van der Waals surface area contributed by atoms with Gasteiger partial charge in [0.2, 0.25) is 5.88 Å². The first-order valence-corrected chi connectivity index (χ1v) is 6.39. The maximum atomic E-state index is 11.9. The SMILES string of the molecule is CC1=Nc2ccccc2/C1=C/c1c(O)[nH]c(=S)[nH]c1=O. The molecule has 5 nitrogen and oxygen atoms in total. The first kappa shape index (κ1) is 12.6. The highest BCUT2D eigenvalue weighted by molar-refractivity contribution is 7.71. The summed E-state index contributed by atoms with van der Waals surface area (Å²) < 4.78 is 0.0897. The molecule has 1 aliphatic heterocycles. The topological polar surface area (TPSA) is 81.2 Å². The number of allylic oxidation sites excluding steroid dienone is 1. The number of nitrogens with zero attached hydrogens (tertiary/aromatic N) is 1. The molecule has 0 saturated heterocycles. The van der Waals surface area contributed by atoms with Crippen LogP contribution in [0.1, 0.15) is 18.1 Å². The number of aliphatic imine (C=N–C) groups is 1. The van der Waals surface area contributed by atoms with E-state index in [1.807, 2.05) is 31.2 Å². The molecular weight excluding hydrogens is 274 g/mol. The number of fused-ring (bicyclic) bond motifs is 1. The van der Waals surface area contributed by atoms with Crippen molar-refractivity contribution in [1.29, 1.82) is 0 Å². The predicted octanol–water partition coefficient (Wildman–Crippen LogP) is 2.78. The van der Waals surface area contributed by atoms with Gasteiger partial charge in [0.25, 0.3) is 5.56 Å². The zero-order valence-corrected chi connectivity index (χ0v) is 11.4. The number of aromatic amines is 2. The Balaban J connectivity index is 2.23. The van der Waals surface area contributed by atoms with Gasteiger partial charge in [0.05, 0.1) is 5.69 Å². The summed E-state index contributed by atoms with van der Waals surface area (Å²) in [5.41, 5.74) is 3.11. The quantitative estimate of drug-likeness (QED) is 0.705. The van der Waals surface area contributed by atoms with E-state index in [-0.39, 0.29) is 16.2 Å². The number of para-hydroxylation sites is 1. The minimum atomic E-state index is -0.434. The molecule has 3 rings (SSSR count). The third kappa shape index (κ3) is 2.00. The van der Waals surface area contributed by atoms with Crippen molar-refractivity contribution in [3.8, 4) is 5.88 Å². The van der Waals surface area contributed by atoms with Gasteiger partial charge in [-0.05, 0) is 31.3 Å². The van der Waals surface area contributed by atoms with Crippen LogP contribution in [0, 0.1) is 4.77 Å². The van der Waals surface area contributed by atoms with Crippen molar-refractivity contribution in [2.45, 2.75) is 6.92 Å². The molecule has 0 saturated carbocycles. The van der Waals surface area contributed by atoms with E-state index >= 15 is 0 Å². The second kappa shape index (κ2) is 4.57. The largest absolute Gasteiger partial charge is 0.494 e. The fraction of sp³-hybridized carbons (Fsp3) is 0.0714. The molecule has 0 fully saturated rings. The lowest BCUT2D eigenvalue weighted by Gasteiger charge is -2.03. The Hall–Kier alpha value is -2.47. The van der Waals surface area contributed by atoms with E-state index in [0.29, 0.717) is 0 Å². The molecule has 3 N–H and O–H groups in total. The first-order valence-electron chi connectivity index (χ1n) is 5.98. The molecule has 0 bridgehead atoms. The summed E-state index contributed by atoms with van der Waals surface area (Å²) in [5.74, 6) is -0.247. The molecule has 0 aliphatic carbocycles. The van der Waals surface area contributed by atoms with Crippen molar-refractivity contribution in [2.24, 2.45) is 4.99 Å². The van der Waals surface area contributed by atoms with Crippen LogP contribution in [0.2, 0.25) is 0 Å². The molecule has 0 amide bonds. The average Bonchev–Trinajstić information content (AvgIpc) is 2.69. The monoisotopic (exact) mass is 285 g/mol. The summed E-state index contributed by atoms with van der Waals surface area (Å²) in [5, 5.41) is 9.84. The molecular formula is C14H11N3O2S. The van der Waals surface area contributed by atoms with Crippen LogP contribution < -0.4 is 5.56 Å². The second-order valence-electron chi connectivity index (χ2n) is 4.44. The summed E-state index contributed by atoms with van der Waals surface area (Å²) >= 11 is 4.80. The smallest absolute Gasteiger partial charge is 0.262 e. The van der Waals surface area contributed by atoms with Gasteiger partial charge in [0, 0.05) is 16.8 Å². The molecule has 2 heterocycles. The van der Waals surface area contributed by atoms with Gasteiger partial charge in [0.15, 0.2) is 4.77 Å². The van der Waals surface area contributed by atoms with Crippen molar-refractivity contribution in [3.05, 3.63) is 50.5 Å². The van der Waals surface area contributed by atoms with Crippen LogP contribution in [0.15, 0.2) is 34.1 Å². The molecule has 20 heavy (non-hydrogen) atoms. The number of aromatic hydroxyl groups is 1. The summed E-state index contributed by atoms with van der Waals surface area (Å²) in [6, 6.07) is 7.64. The summed E-state index contributed by atoms with van der Waals surface area (Å²) in [6.45, 7) is 1.86. The van der Waals surface area contributed by atoms with Gasteiger partial charge in [0.1, 0.15) is 5.56 Å². The van der Waals surface area contributed by atoms with E-state index in [4.69, 9.17) is 12.2 Å². The van der Waals surface area contributed by atoms with Gasteiger partial charge >= 0.3 is 0 Å². The third-order valence-electron chi connectivity index (χ3n) is 3.12. The van der Waals surface area contributed by atoms with Crippen molar-refractivity contribution in [3.63, 3.8) is 0 Å². The number of hydrogen-bond donors (Lipinski definition) is 3. The third-order valence-corrected chi connectivity index (χ3v) is 3.32. The molecule has 2 aromatic rings. The van der Waals surface area contributed by atoms with Crippen LogP contribution in [0.3, 0.4) is 0 Å². The van der Waals surface area contributed by atoms with Crippen LogP contribution in [0.4, 0.5) is 5.69 Å². The summed E-state index contributed by atoms with van der Waals surface area (Å²) in [4.78, 5) is 21.3. The number of hydrogen-bond acceptors (Lipinski definition) is 4. The highest BCUT2D eigenvalue weighted by Crippen LogP contribution is 2.35. The van der Waals surface area contributed by atoms with Gasteiger partial charge in [-0.2, -0.15) is 0 Å². The van der Waals surface area contributed by atoms with E-state index < -0.39 is 5.56 Å². The Morgan fingerprint density at radius 2 is 2.05 bits per heavy atom. The second-order valence-corrected chi connectivity index (χ2v) is 4.85. The highest BCUT2D eigenvalue weighted by atomic mass is 32.1. The molecule has 6 heteroatoms. The van der Waals surface area contributed by atoms with Gasteiger partial charge in [-0.3, -0.25) is 14.8 Å². The zero-order chi connectivity index (χ0) is 14.3. The molecule has 1 aromatic carbocycles. The van der Waals surface area contributed by atoms with Gasteiger partial charge < -0.3 is 10.1 Å². The van der Waals surface area contributed by atoms with Crippen molar-refractivity contribution in [1.82, 2.24) is 9.97 Å². The van der Waals surface area contributed by atoms with Crippen molar-refractivity contribution >= 4 is 35.3 Å². The van der Waals surface area contributed by atoms with Gasteiger partial charge in [-0.15, -0.1) is 0 Å². The predicted molar refractivity (Wildman–Crippen MR) is 81.0 cm³/mol. The van der Waals surface area contributed by atoms with Gasteiger partial charge in [-0.25, -0.2) is 0 Å². The van der Waals surface area contributed by atoms with Crippen LogP contribution in [0.25, 0.3) is 11.6 Å². The molecule has 0 unspecified atom stereocenters. The number of H-pyrrole nitrogens is 2. The molecule has 1 aromatic heterocycles. The normalized spacial score (nSPS) is 15.2. The fourth-order valence-corrected chi connectivity index (χ4v) is 2.37. The Kier molecular flexibility index (Phi) is 2.87. The van der Waals surface area contributed by atoms with E-state index in [2.05, 4.69) is 15.0 Å². The average molecular weight is 285 g/mol. The Labute approximate surface area is 119 Å². The van der Waals surface area contributed by atoms with E-state index in [9.17, 15) is 9.90 Å². The maximum absolute atomic E-state index is 11.9. The number of aromatic nitrogens is 2. The lowest BCUT2D eigenvalue weighted by molar-refractivity contribution is 0.448. The van der Waals surface area contributed by atoms with Crippen LogP contribution in [-0.4, -0.2) is 20.8 Å². The number of rotatable bonds is 1. The van der Waals surface area contributed by atoms with E-state index in [1.165, 1.54) is 0 Å². The number of nitrogens with one attached hydrogen (secondary N) is 2. The Bertz CT molecular complexity index is 874. The van der Waals surface area contributed by atoms with Crippen LogP contribution >= 0.6 is 12.2 Å². The first-order chi connectivity index (χ1) is 9.56. The van der Waals surface area contributed by atoms with E-state index in [1.54, 1.807) is 6.08 Å². The lowest BCUT2D eigenvalue weighted by Crippen LogP contribution is -2.11. The highest BCUT2D eigenvalue weighted by Gasteiger charge is 2.18. The zero-order valence-electron chi connectivity index (χ0n) is 10.6. The Morgan fingerprint density at radius 3 is 2.80 bits per heavy atom. The van der Waals surface area contributed by atoms with Crippen molar-refractivity contribution < 1.29 is 5.11 Å². The molecule has 1 aliphatic rings. The van der Waals surface area contributed by atoms with Crippen molar-refractivity contribution in [2.75, 3.05) is 0 Å². The molecule has 0 spiro atoms. The molecule has 0 atom stereocenters. The summed E-state index contributed by atoms with van der Waals surface area (Å²) in [6.07, 6.45) is 1.62. The standard InChI is InChI=1S/C14H11N3O2S/c1-7-9(8-4-2-3-5-11(8)15-7)6-10-12(18)16-14(20)17-13(10)19/h2-6H,1H3,(H3,16,17,18,19,20)/b9-6+. The minimum absolute atomic E-state index is 0.0897. The van der Waals surface area contributed by atoms with E-state index in [0.717, 1.165) is 22.5 Å². The maximum Gasteiger partial charge on any atom is 0.262 e. The lowest BCUT2D eigenvalue weighted by atomic mass is 10.0. The Morgan fingerprint density at radius 1 is 1.30 bits per heavy atom. The molecule has 0 radical (unpaired) electrons. The van der Waals surface area contributed by atoms with Gasteiger partial charge in [-0.1, -0.05) is 18.2 Å².